The van der Waals surface area contributed by atoms with Crippen LogP contribution in [0.2, 0.25) is 0 Å². The normalized spacial score (nSPS) is 20.6. The van der Waals surface area contributed by atoms with Crippen molar-refractivity contribution >= 4 is 11.8 Å². The van der Waals surface area contributed by atoms with Gasteiger partial charge in [0, 0.05) is 31.1 Å². The number of rotatable bonds is 9. The molecule has 2 heterocycles. The van der Waals surface area contributed by atoms with E-state index in [2.05, 4.69) is 14.8 Å². The molecule has 6 rings (SSSR count). The molecule has 1 saturated carbocycles. The van der Waals surface area contributed by atoms with E-state index in [-0.39, 0.29) is 49.4 Å². The summed E-state index contributed by atoms with van der Waals surface area (Å²) in [4.78, 5) is 29.1. The van der Waals surface area contributed by atoms with Gasteiger partial charge in [-0.25, -0.2) is 0 Å². The van der Waals surface area contributed by atoms with Crippen LogP contribution in [-0.2, 0) is 21.5 Å². The van der Waals surface area contributed by atoms with Gasteiger partial charge in [0.2, 0.25) is 5.91 Å². The highest BCUT2D eigenvalue weighted by atomic mass is 19.3. The highest BCUT2D eigenvalue weighted by Crippen LogP contribution is 2.52. The predicted molar refractivity (Wildman–Crippen MR) is 145 cm³/mol. The number of benzene rings is 3. The number of methoxy groups -OCH3 is 1. The van der Waals surface area contributed by atoms with Crippen LogP contribution in [0.4, 0.5) is 8.78 Å². The summed E-state index contributed by atoms with van der Waals surface area (Å²) in [6, 6.07) is 18.5. The van der Waals surface area contributed by atoms with E-state index in [0.717, 1.165) is 5.56 Å². The summed E-state index contributed by atoms with van der Waals surface area (Å²) >= 11 is 0. The van der Waals surface area contributed by atoms with Crippen molar-refractivity contribution in [1.82, 2.24) is 10.2 Å². The van der Waals surface area contributed by atoms with Gasteiger partial charge in [-0.15, -0.1) is 8.78 Å². The summed E-state index contributed by atoms with van der Waals surface area (Å²) in [5.74, 6) is 0.120. The molecule has 0 aromatic heterocycles. The second kappa shape index (κ2) is 10.8. The monoisotopic (exact) mass is 580 g/mol. The molecule has 3 aromatic carbocycles. The molecule has 3 aromatic rings. The van der Waals surface area contributed by atoms with Gasteiger partial charge >= 0.3 is 6.29 Å². The number of carbonyl (C=O) groups is 2. The third-order valence-corrected chi connectivity index (χ3v) is 7.93. The third-order valence-electron chi connectivity index (χ3n) is 7.93. The lowest BCUT2D eigenvalue weighted by atomic mass is 9.91. The maximum atomic E-state index is 13.8. The van der Waals surface area contributed by atoms with Crippen molar-refractivity contribution < 1.29 is 42.4 Å². The summed E-state index contributed by atoms with van der Waals surface area (Å²) < 4.78 is 47.8. The van der Waals surface area contributed by atoms with E-state index in [4.69, 9.17) is 9.47 Å². The molecule has 42 heavy (non-hydrogen) atoms. The van der Waals surface area contributed by atoms with E-state index in [0.29, 0.717) is 35.5 Å². The molecule has 1 fully saturated rings. The summed E-state index contributed by atoms with van der Waals surface area (Å²) in [7, 11) is 1.52. The molecule has 2 amide bonds. The van der Waals surface area contributed by atoms with Gasteiger partial charge in [-0.3, -0.25) is 9.59 Å². The molecule has 2 N–H and O–H groups in total. The average Bonchev–Trinajstić information content (AvgIpc) is 3.73. The number of halogens is 2. The maximum absolute atomic E-state index is 13.8. The lowest BCUT2D eigenvalue weighted by molar-refractivity contribution is -0.286. The predicted octanol–water partition coefficient (Wildman–Crippen LogP) is 4.08. The molecular weight excluding hydrogens is 550 g/mol. The van der Waals surface area contributed by atoms with Crippen molar-refractivity contribution in [2.75, 3.05) is 20.3 Å². The zero-order chi connectivity index (χ0) is 29.5. The molecule has 9 nitrogen and oxygen atoms in total. The van der Waals surface area contributed by atoms with E-state index in [1.54, 1.807) is 24.3 Å². The van der Waals surface area contributed by atoms with Gasteiger partial charge in [-0.1, -0.05) is 36.4 Å². The van der Waals surface area contributed by atoms with Gasteiger partial charge in [0.25, 0.3) is 5.91 Å². The SMILES string of the molecule is COc1ccc2c(c1)OC(C(=O)N(CCO)Cc1ccccc1)CC2NC(=O)C1(c2ccc3c(c2)OC(F)(F)O3)CC1. The second-order valence-corrected chi connectivity index (χ2v) is 10.7. The number of aliphatic hydroxyl groups is 1. The van der Waals surface area contributed by atoms with E-state index < -0.39 is 23.9 Å². The number of carbonyl (C=O) groups excluding carboxylic acids is 2. The van der Waals surface area contributed by atoms with Crippen molar-refractivity contribution in [3.63, 3.8) is 0 Å². The molecule has 220 valence electrons. The number of hydrogen-bond donors (Lipinski definition) is 2. The van der Waals surface area contributed by atoms with Crippen molar-refractivity contribution in [2.45, 2.75) is 49.7 Å². The smallest absolute Gasteiger partial charge is 0.497 e. The van der Waals surface area contributed by atoms with Crippen LogP contribution in [0.3, 0.4) is 0 Å². The Morgan fingerprint density at radius 1 is 1.02 bits per heavy atom. The summed E-state index contributed by atoms with van der Waals surface area (Å²) in [6.07, 6.45) is -3.48. The Hall–Kier alpha value is -4.38. The Balaban J connectivity index is 1.25. The maximum Gasteiger partial charge on any atom is 0.586 e. The van der Waals surface area contributed by atoms with E-state index in [1.807, 2.05) is 30.3 Å². The van der Waals surface area contributed by atoms with Gasteiger partial charge in [0.05, 0.1) is 25.2 Å². The van der Waals surface area contributed by atoms with Gasteiger partial charge in [0.1, 0.15) is 11.5 Å². The fourth-order valence-corrected chi connectivity index (χ4v) is 5.57. The van der Waals surface area contributed by atoms with Gasteiger partial charge in [-0.05, 0) is 48.2 Å². The Bertz CT molecular complexity index is 1500. The van der Waals surface area contributed by atoms with Crippen LogP contribution in [0.25, 0.3) is 0 Å². The van der Waals surface area contributed by atoms with Crippen molar-refractivity contribution in [2.24, 2.45) is 0 Å². The topological polar surface area (TPSA) is 107 Å². The molecule has 0 bridgehead atoms. The molecule has 11 heteroatoms. The third kappa shape index (κ3) is 5.32. The lowest BCUT2D eigenvalue weighted by Gasteiger charge is -2.35. The molecule has 2 unspecified atom stereocenters. The first-order valence-electron chi connectivity index (χ1n) is 13.7. The molecule has 3 aliphatic rings. The van der Waals surface area contributed by atoms with Crippen LogP contribution >= 0.6 is 0 Å². The van der Waals surface area contributed by atoms with Crippen molar-refractivity contribution in [3.05, 3.63) is 83.4 Å². The molecule has 0 radical (unpaired) electrons. The first kappa shape index (κ1) is 27.8. The molecule has 2 aliphatic heterocycles. The van der Waals surface area contributed by atoms with Gasteiger partial charge in [-0.2, -0.15) is 0 Å². The summed E-state index contributed by atoms with van der Waals surface area (Å²) in [6.45, 7) is 0.177. The quantitative estimate of drug-likeness (QED) is 0.393. The first-order valence-corrected chi connectivity index (χ1v) is 13.7. The number of aliphatic hydroxyl groups excluding tert-OH is 1. The van der Waals surface area contributed by atoms with Crippen LogP contribution in [0.15, 0.2) is 66.7 Å². The largest absolute Gasteiger partial charge is 0.586 e. The summed E-state index contributed by atoms with van der Waals surface area (Å²) in [5.41, 5.74) is 1.22. The van der Waals surface area contributed by atoms with Crippen LogP contribution in [0.5, 0.6) is 23.0 Å². The molecule has 0 spiro atoms. The van der Waals surface area contributed by atoms with Crippen LogP contribution < -0.4 is 24.3 Å². The average molecular weight is 581 g/mol. The molecule has 0 saturated heterocycles. The minimum absolute atomic E-state index is 0.0865. The molecule has 2 atom stereocenters. The number of hydrogen-bond acceptors (Lipinski definition) is 7. The Morgan fingerprint density at radius 2 is 1.79 bits per heavy atom. The number of fused-ring (bicyclic) bond motifs is 2. The highest BCUT2D eigenvalue weighted by Gasteiger charge is 2.53. The second-order valence-electron chi connectivity index (χ2n) is 10.7. The Morgan fingerprint density at radius 3 is 2.50 bits per heavy atom. The van der Waals surface area contributed by atoms with Gasteiger partial charge < -0.3 is 34.3 Å². The number of amides is 2. The van der Waals surface area contributed by atoms with Gasteiger partial charge in [0.15, 0.2) is 17.6 Å². The zero-order valence-corrected chi connectivity index (χ0v) is 22.8. The van der Waals surface area contributed by atoms with E-state index in [1.165, 1.54) is 24.1 Å². The van der Waals surface area contributed by atoms with Crippen LogP contribution in [0, 0.1) is 0 Å². The Kier molecular flexibility index (Phi) is 7.14. The number of alkyl halides is 2. The number of nitrogens with zero attached hydrogens (tertiary/aromatic N) is 1. The molecular formula is C31H30F2N2O7. The number of ether oxygens (including phenoxy) is 4. The molecule has 1 aliphatic carbocycles. The minimum atomic E-state index is -3.75. The fraction of sp³-hybridized carbons (Fsp3) is 0.355. The lowest BCUT2D eigenvalue weighted by Crippen LogP contribution is -2.48. The van der Waals surface area contributed by atoms with E-state index in [9.17, 15) is 23.5 Å². The minimum Gasteiger partial charge on any atom is -0.497 e. The summed E-state index contributed by atoms with van der Waals surface area (Å²) in [5, 5.41) is 12.8. The van der Waals surface area contributed by atoms with Crippen LogP contribution in [0.1, 0.15) is 42.0 Å². The first-order chi connectivity index (χ1) is 20.2. The number of nitrogens with one attached hydrogen (secondary N) is 1. The fourth-order valence-electron chi connectivity index (χ4n) is 5.57. The van der Waals surface area contributed by atoms with Crippen molar-refractivity contribution in [1.29, 1.82) is 0 Å². The highest BCUT2D eigenvalue weighted by molar-refractivity contribution is 5.92. The Labute approximate surface area is 240 Å². The van der Waals surface area contributed by atoms with Crippen molar-refractivity contribution in [3.8, 4) is 23.0 Å². The zero-order valence-electron chi connectivity index (χ0n) is 22.8. The standard InChI is InChI=1S/C31H30F2N2O7/c1-39-21-8-9-22-23(34-29(38)30(11-12-30)20-7-10-24-26(15-20)42-31(32,33)41-24)17-27(40-25(22)16-21)28(37)35(13-14-36)18-19-5-3-2-4-6-19/h2-10,15-16,23,27,36H,11-14,17-18H2,1H3,(H,34,38). The van der Waals surface area contributed by atoms with E-state index >= 15 is 0 Å². The van der Waals surface area contributed by atoms with Crippen LogP contribution in [-0.4, -0.2) is 54.5 Å².